The van der Waals surface area contributed by atoms with E-state index in [4.69, 9.17) is 0 Å². The topological polar surface area (TPSA) is 15.3 Å². The number of rotatable bonds is 6. The van der Waals surface area contributed by atoms with E-state index in [1.54, 1.807) is 0 Å². The summed E-state index contributed by atoms with van der Waals surface area (Å²) >= 11 is 0. The Kier molecular flexibility index (Phi) is 5.77. The van der Waals surface area contributed by atoms with Gasteiger partial charge in [-0.25, -0.2) is 0 Å². The lowest BCUT2D eigenvalue weighted by Gasteiger charge is -2.29. The molecule has 0 amide bonds. The summed E-state index contributed by atoms with van der Waals surface area (Å²) < 4.78 is 0. The molecule has 1 aliphatic rings. The van der Waals surface area contributed by atoms with Crippen LogP contribution in [0, 0.1) is 11.8 Å². The zero-order valence-electron chi connectivity index (χ0n) is 11.8. The predicted octanol–water partition coefficient (Wildman–Crippen LogP) is 2.74. The monoisotopic (exact) mass is 226 g/mol. The summed E-state index contributed by atoms with van der Waals surface area (Å²) in [5.74, 6) is 1.70. The van der Waals surface area contributed by atoms with E-state index in [-0.39, 0.29) is 0 Å². The van der Waals surface area contributed by atoms with Crippen molar-refractivity contribution in [2.24, 2.45) is 11.8 Å². The molecule has 1 fully saturated rings. The zero-order chi connectivity index (χ0) is 12.1. The first kappa shape index (κ1) is 14.0. The van der Waals surface area contributed by atoms with Crippen LogP contribution < -0.4 is 5.32 Å². The van der Waals surface area contributed by atoms with Gasteiger partial charge in [0.1, 0.15) is 0 Å². The molecule has 0 bridgehead atoms. The molecule has 0 aromatic carbocycles. The first-order chi connectivity index (χ1) is 7.50. The minimum Gasteiger partial charge on any atom is -0.315 e. The lowest BCUT2D eigenvalue weighted by atomic mass is 10.1. The molecule has 0 radical (unpaired) electrons. The summed E-state index contributed by atoms with van der Waals surface area (Å²) in [5, 5.41) is 3.59. The summed E-state index contributed by atoms with van der Waals surface area (Å²) in [6.45, 7) is 15.3. The smallest absolute Gasteiger partial charge is 0.0195 e. The normalized spacial score (nSPS) is 28.9. The van der Waals surface area contributed by atoms with Crippen molar-refractivity contribution in [3.63, 3.8) is 0 Å². The largest absolute Gasteiger partial charge is 0.315 e. The van der Waals surface area contributed by atoms with Gasteiger partial charge >= 0.3 is 0 Å². The SMILES string of the molecule is CC(C)CCNCC(C)N1CC(C)CC1C. The van der Waals surface area contributed by atoms with Crippen LogP contribution in [0.2, 0.25) is 0 Å². The second-order valence-corrected chi connectivity index (χ2v) is 6.12. The highest BCUT2D eigenvalue weighted by Gasteiger charge is 2.29. The van der Waals surface area contributed by atoms with Crippen molar-refractivity contribution in [2.75, 3.05) is 19.6 Å². The molecule has 0 aromatic heterocycles. The maximum atomic E-state index is 3.59. The third-order valence-electron chi connectivity index (χ3n) is 3.74. The van der Waals surface area contributed by atoms with E-state index in [1.165, 1.54) is 25.9 Å². The molecule has 0 spiro atoms. The first-order valence-electron chi connectivity index (χ1n) is 6.97. The van der Waals surface area contributed by atoms with Gasteiger partial charge < -0.3 is 5.32 Å². The highest BCUT2D eigenvalue weighted by Crippen LogP contribution is 2.24. The molecular formula is C14H30N2. The molecule has 2 nitrogen and oxygen atoms in total. The summed E-state index contributed by atoms with van der Waals surface area (Å²) in [4.78, 5) is 2.66. The van der Waals surface area contributed by atoms with E-state index in [1.807, 2.05) is 0 Å². The first-order valence-corrected chi connectivity index (χ1v) is 6.97. The molecule has 1 rings (SSSR count). The molecule has 2 heteroatoms. The number of nitrogens with one attached hydrogen (secondary N) is 1. The molecule has 1 N–H and O–H groups in total. The lowest BCUT2D eigenvalue weighted by Crippen LogP contribution is -2.42. The van der Waals surface area contributed by atoms with Gasteiger partial charge in [-0.3, -0.25) is 4.90 Å². The molecule has 1 aliphatic heterocycles. The van der Waals surface area contributed by atoms with Crippen LogP contribution in [0.15, 0.2) is 0 Å². The maximum Gasteiger partial charge on any atom is 0.0195 e. The van der Waals surface area contributed by atoms with E-state index in [2.05, 4.69) is 44.8 Å². The molecular weight excluding hydrogens is 196 g/mol. The van der Waals surface area contributed by atoms with Gasteiger partial charge in [0.2, 0.25) is 0 Å². The highest BCUT2D eigenvalue weighted by atomic mass is 15.2. The van der Waals surface area contributed by atoms with Gasteiger partial charge in [-0.2, -0.15) is 0 Å². The van der Waals surface area contributed by atoms with Crippen LogP contribution in [0.25, 0.3) is 0 Å². The molecule has 0 aliphatic carbocycles. The average Bonchev–Trinajstić information content (AvgIpc) is 2.52. The van der Waals surface area contributed by atoms with Gasteiger partial charge in [0.15, 0.2) is 0 Å². The second-order valence-electron chi connectivity index (χ2n) is 6.12. The minimum atomic E-state index is 0.687. The van der Waals surface area contributed by atoms with Crippen LogP contribution >= 0.6 is 0 Å². The van der Waals surface area contributed by atoms with Gasteiger partial charge in [0.25, 0.3) is 0 Å². The molecule has 1 saturated heterocycles. The molecule has 3 atom stereocenters. The van der Waals surface area contributed by atoms with E-state index in [9.17, 15) is 0 Å². The van der Waals surface area contributed by atoms with Gasteiger partial charge in [-0.15, -0.1) is 0 Å². The van der Waals surface area contributed by atoms with E-state index < -0.39 is 0 Å². The third kappa shape index (κ3) is 4.42. The molecule has 0 saturated carbocycles. The van der Waals surface area contributed by atoms with E-state index in [0.717, 1.165) is 24.4 Å². The lowest BCUT2D eigenvalue weighted by molar-refractivity contribution is 0.195. The van der Waals surface area contributed by atoms with Gasteiger partial charge in [0.05, 0.1) is 0 Å². The Bertz CT molecular complexity index is 191. The summed E-state index contributed by atoms with van der Waals surface area (Å²) in [5.41, 5.74) is 0. The van der Waals surface area contributed by atoms with Crippen molar-refractivity contribution >= 4 is 0 Å². The second kappa shape index (κ2) is 6.61. The van der Waals surface area contributed by atoms with Crippen LogP contribution in [-0.2, 0) is 0 Å². The Hall–Kier alpha value is -0.0800. The van der Waals surface area contributed by atoms with Crippen molar-refractivity contribution in [1.82, 2.24) is 10.2 Å². The summed E-state index contributed by atoms with van der Waals surface area (Å²) in [6, 6.07) is 1.46. The number of nitrogens with zero attached hydrogens (tertiary/aromatic N) is 1. The standard InChI is InChI=1S/C14H30N2/c1-11(2)6-7-15-9-14(5)16-10-12(3)8-13(16)4/h11-15H,6-10H2,1-5H3. The fourth-order valence-electron chi connectivity index (χ4n) is 2.77. The Labute approximate surface area is 102 Å². The highest BCUT2D eigenvalue weighted by molar-refractivity contribution is 4.84. The Morgan fingerprint density at radius 2 is 1.94 bits per heavy atom. The number of likely N-dealkylation sites (tertiary alicyclic amines) is 1. The number of hydrogen-bond donors (Lipinski definition) is 1. The van der Waals surface area contributed by atoms with Crippen LogP contribution in [0.4, 0.5) is 0 Å². The zero-order valence-corrected chi connectivity index (χ0v) is 11.8. The van der Waals surface area contributed by atoms with Crippen LogP contribution in [0.3, 0.4) is 0 Å². The third-order valence-corrected chi connectivity index (χ3v) is 3.74. The van der Waals surface area contributed by atoms with Gasteiger partial charge in [0, 0.05) is 25.2 Å². The van der Waals surface area contributed by atoms with Crippen molar-refractivity contribution in [1.29, 1.82) is 0 Å². The fourth-order valence-corrected chi connectivity index (χ4v) is 2.77. The molecule has 1 heterocycles. The van der Waals surface area contributed by atoms with Gasteiger partial charge in [-0.05, 0) is 45.1 Å². The van der Waals surface area contributed by atoms with Crippen LogP contribution in [0.1, 0.15) is 47.5 Å². The summed E-state index contributed by atoms with van der Waals surface area (Å²) in [6.07, 6.45) is 2.66. The van der Waals surface area contributed by atoms with Crippen LogP contribution in [-0.4, -0.2) is 36.6 Å². The minimum absolute atomic E-state index is 0.687. The fraction of sp³-hybridized carbons (Fsp3) is 1.00. The number of hydrogen-bond acceptors (Lipinski definition) is 2. The molecule has 0 aromatic rings. The summed E-state index contributed by atoms with van der Waals surface area (Å²) in [7, 11) is 0. The van der Waals surface area contributed by atoms with Crippen molar-refractivity contribution in [3.8, 4) is 0 Å². The Balaban J connectivity index is 2.17. The van der Waals surface area contributed by atoms with Gasteiger partial charge in [-0.1, -0.05) is 20.8 Å². The average molecular weight is 226 g/mol. The van der Waals surface area contributed by atoms with Crippen LogP contribution in [0.5, 0.6) is 0 Å². The van der Waals surface area contributed by atoms with Crippen molar-refractivity contribution in [3.05, 3.63) is 0 Å². The molecule has 96 valence electrons. The Morgan fingerprint density at radius 1 is 1.25 bits per heavy atom. The molecule has 3 unspecified atom stereocenters. The molecule has 16 heavy (non-hydrogen) atoms. The predicted molar refractivity (Wildman–Crippen MR) is 71.7 cm³/mol. The maximum absolute atomic E-state index is 3.59. The van der Waals surface area contributed by atoms with E-state index in [0.29, 0.717) is 6.04 Å². The van der Waals surface area contributed by atoms with E-state index >= 15 is 0 Å². The quantitative estimate of drug-likeness (QED) is 0.701. The Morgan fingerprint density at radius 3 is 2.44 bits per heavy atom. The van der Waals surface area contributed by atoms with Crippen molar-refractivity contribution in [2.45, 2.75) is 59.5 Å². The van der Waals surface area contributed by atoms with Crippen molar-refractivity contribution < 1.29 is 0 Å².